The maximum atomic E-state index is 5.12. The summed E-state index contributed by atoms with van der Waals surface area (Å²) in [5.74, 6) is 2.39. The Hall–Kier alpha value is -2.10. The molecule has 0 unspecified atom stereocenters. The van der Waals surface area contributed by atoms with Crippen LogP contribution in [0.5, 0.6) is 5.75 Å². The third kappa shape index (κ3) is 2.36. The molecule has 4 nitrogen and oxygen atoms in total. The summed E-state index contributed by atoms with van der Waals surface area (Å²) in [6.07, 6.45) is 1.82. The number of nitrogens with zero attached hydrogens (tertiary/aromatic N) is 2. The summed E-state index contributed by atoms with van der Waals surface area (Å²) in [6.45, 7) is 1.98. The van der Waals surface area contributed by atoms with Crippen molar-refractivity contribution in [3.8, 4) is 17.1 Å². The van der Waals surface area contributed by atoms with Gasteiger partial charge in [0.1, 0.15) is 11.6 Å². The van der Waals surface area contributed by atoms with Crippen LogP contribution in [0.4, 0.5) is 5.82 Å². The molecule has 2 rings (SSSR count). The van der Waals surface area contributed by atoms with E-state index >= 15 is 0 Å². The Balaban J connectivity index is 2.38. The SMILES string of the molecule is CNc1nc(-c2ccc(OC)cc2)ncc1C. The molecule has 0 aliphatic carbocycles. The fraction of sp³-hybridized carbons (Fsp3) is 0.231. The molecule has 0 aliphatic rings. The predicted octanol–water partition coefficient (Wildman–Crippen LogP) is 2.50. The van der Waals surface area contributed by atoms with Gasteiger partial charge in [0, 0.05) is 24.4 Å². The van der Waals surface area contributed by atoms with Crippen LogP contribution in [0.15, 0.2) is 30.5 Å². The Morgan fingerprint density at radius 2 is 1.88 bits per heavy atom. The number of hydrogen-bond acceptors (Lipinski definition) is 4. The largest absolute Gasteiger partial charge is 0.497 e. The number of aromatic nitrogens is 2. The lowest BCUT2D eigenvalue weighted by Gasteiger charge is -2.06. The van der Waals surface area contributed by atoms with E-state index in [1.807, 2.05) is 44.4 Å². The second kappa shape index (κ2) is 4.82. The van der Waals surface area contributed by atoms with Gasteiger partial charge >= 0.3 is 0 Å². The molecule has 17 heavy (non-hydrogen) atoms. The lowest BCUT2D eigenvalue weighted by molar-refractivity contribution is 0.415. The van der Waals surface area contributed by atoms with Crippen LogP contribution in [0.25, 0.3) is 11.4 Å². The third-order valence-electron chi connectivity index (χ3n) is 2.56. The van der Waals surface area contributed by atoms with Gasteiger partial charge in [-0.15, -0.1) is 0 Å². The van der Waals surface area contributed by atoms with E-state index in [2.05, 4.69) is 15.3 Å². The maximum absolute atomic E-state index is 5.12. The molecule has 1 heterocycles. The van der Waals surface area contributed by atoms with E-state index < -0.39 is 0 Å². The fourth-order valence-corrected chi connectivity index (χ4v) is 1.57. The van der Waals surface area contributed by atoms with E-state index in [-0.39, 0.29) is 0 Å². The summed E-state index contributed by atoms with van der Waals surface area (Å²) >= 11 is 0. The van der Waals surface area contributed by atoms with Crippen LogP contribution in [-0.2, 0) is 0 Å². The van der Waals surface area contributed by atoms with Gasteiger partial charge in [-0.05, 0) is 31.2 Å². The first-order valence-electron chi connectivity index (χ1n) is 5.40. The van der Waals surface area contributed by atoms with Crippen LogP contribution in [0, 0.1) is 6.92 Å². The van der Waals surface area contributed by atoms with Crippen molar-refractivity contribution in [3.05, 3.63) is 36.0 Å². The molecule has 88 valence electrons. The number of rotatable bonds is 3. The Morgan fingerprint density at radius 1 is 1.18 bits per heavy atom. The van der Waals surface area contributed by atoms with Crippen molar-refractivity contribution in [1.29, 1.82) is 0 Å². The number of methoxy groups -OCH3 is 1. The van der Waals surface area contributed by atoms with E-state index in [1.54, 1.807) is 7.11 Å². The summed E-state index contributed by atoms with van der Waals surface area (Å²) in [4.78, 5) is 8.77. The summed E-state index contributed by atoms with van der Waals surface area (Å²) in [5, 5.41) is 3.05. The van der Waals surface area contributed by atoms with Gasteiger partial charge in [-0.25, -0.2) is 9.97 Å². The van der Waals surface area contributed by atoms with Gasteiger partial charge < -0.3 is 10.1 Å². The van der Waals surface area contributed by atoms with Crippen LogP contribution < -0.4 is 10.1 Å². The van der Waals surface area contributed by atoms with Crippen molar-refractivity contribution < 1.29 is 4.74 Å². The molecule has 1 N–H and O–H groups in total. The predicted molar refractivity (Wildman–Crippen MR) is 68.3 cm³/mol. The van der Waals surface area contributed by atoms with Crippen molar-refractivity contribution in [3.63, 3.8) is 0 Å². The summed E-state index contributed by atoms with van der Waals surface area (Å²) in [5.41, 5.74) is 2.01. The molecule has 0 saturated carbocycles. The molecule has 1 aromatic carbocycles. The molecule has 0 aliphatic heterocycles. The Bertz CT molecular complexity index is 509. The van der Waals surface area contributed by atoms with E-state index in [4.69, 9.17) is 4.74 Å². The van der Waals surface area contributed by atoms with Crippen molar-refractivity contribution >= 4 is 5.82 Å². The van der Waals surface area contributed by atoms with E-state index in [0.717, 1.165) is 22.7 Å². The zero-order valence-electron chi connectivity index (χ0n) is 10.2. The molecule has 4 heteroatoms. The quantitative estimate of drug-likeness (QED) is 0.878. The highest BCUT2D eigenvalue weighted by Gasteiger charge is 2.04. The highest BCUT2D eigenvalue weighted by atomic mass is 16.5. The highest BCUT2D eigenvalue weighted by molar-refractivity contribution is 5.59. The van der Waals surface area contributed by atoms with Gasteiger partial charge in [0.2, 0.25) is 0 Å². The number of nitrogens with one attached hydrogen (secondary N) is 1. The molecular formula is C13H15N3O. The second-order valence-electron chi connectivity index (χ2n) is 3.70. The summed E-state index contributed by atoms with van der Waals surface area (Å²) < 4.78 is 5.12. The van der Waals surface area contributed by atoms with Crippen molar-refractivity contribution in [1.82, 2.24) is 9.97 Å². The van der Waals surface area contributed by atoms with Crippen molar-refractivity contribution in [2.24, 2.45) is 0 Å². The van der Waals surface area contributed by atoms with E-state index in [9.17, 15) is 0 Å². The van der Waals surface area contributed by atoms with E-state index in [1.165, 1.54) is 0 Å². The zero-order chi connectivity index (χ0) is 12.3. The molecule has 0 amide bonds. The first kappa shape index (κ1) is 11.4. The van der Waals surface area contributed by atoms with Crippen LogP contribution in [0.1, 0.15) is 5.56 Å². The highest BCUT2D eigenvalue weighted by Crippen LogP contribution is 2.21. The molecule has 0 atom stereocenters. The number of benzene rings is 1. The normalized spacial score (nSPS) is 10.1. The smallest absolute Gasteiger partial charge is 0.161 e. The minimum atomic E-state index is 0.711. The summed E-state index contributed by atoms with van der Waals surface area (Å²) in [6, 6.07) is 7.70. The molecule has 0 saturated heterocycles. The molecule has 1 aromatic heterocycles. The van der Waals surface area contributed by atoms with Crippen LogP contribution in [0.3, 0.4) is 0 Å². The minimum absolute atomic E-state index is 0.711. The van der Waals surface area contributed by atoms with Crippen LogP contribution in [0.2, 0.25) is 0 Å². The topological polar surface area (TPSA) is 47.0 Å². The van der Waals surface area contributed by atoms with Gasteiger partial charge in [0.25, 0.3) is 0 Å². The fourth-order valence-electron chi connectivity index (χ4n) is 1.57. The standard InChI is InChI=1S/C13H15N3O/c1-9-8-15-13(16-12(9)14-2)10-4-6-11(17-3)7-5-10/h4-8H,1-3H3,(H,14,15,16). The molecule has 0 radical (unpaired) electrons. The zero-order valence-corrected chi connectivity index (χ0v) is 10.2. The van der Waals surface area contributed by atoms with Crippen molar-refractivity contribution in [2.45, 2.75) is 6.92 Å². The number of anilines is 1. The van der Waals surface area contributed by atoms with Crippen LogP contribution >= 0.6 is 0 Å². The Morgan fingerprint density at radius 3 is 2.47 bits per heavy atom. The number of ether oxygens (including phenoxy) is 1. The monoisotopic (exact) mass is 229 g/mol. The summed E-state index contributed by atoms with van der Waals surface area (Å²) in [7, 11) is 3.50. The third-order valence-corrected chi connectivity index (χ3v) is 2.56. The van der Waals surface area contributed by atoms with Gasteiger partial charge in [0.15, 0.2) is 5.82 Å². The first-order chi connectivity index (χ1) is 8.24. The maximum Gasteiger partial charge on any atom is 0.161 e. The lowest BCUT2D eigenvalue weighted by atomic mass is 10.2. The number of aryl methyl sites for hydroxylation is 1. The average Bonchev–Trinajstić information content (AvgIpc) is 2.39. The average molecular weight is 229 g/mol. The van der Waals surface area contributed by atoms with Gasteiger partial charge in [-0.2, -0.15) is 0 Å². The molecule has 2 aromatic rings. The minimum Gasteiger partial charge on any atom is -0.497 e. The first-order valence-corrected chi connectivity index (χ1v) is 5.40. The van der Waals surface area contributed by atoms with Crippen LogP contribution in [-0.4, -0.2) is 24.1 Å². The molecule has 0 fully saturated rings. The molecule has 0 bridgehead atoms. The Kier molecular flexibility index (Phi) is 3.23. The van der Waals surface area contributed by atoms with E-state index in [0.29, 0.717) is 5.82 Å². The van der Waals surface area contributed by atoms with Crippen molar-refractivity contribution in [2.75, 3.05) is 19.5 Å². The number of hydrogen-bond donors (Lipinski definition) is 1. The molecule has 0 spiro atoms. The van der Waals surface area contributed by atoms with Gasteiger partial charge in [-0.3, -0.25) is 0 Å². The molecular weight excluding hydrogens is 214 g/mol. The van der Waals surface area contributed by atoms with Gasteiger partial charge in [-0.1, -0.05) is 0 Å². The Labute approximate surface area is 101 Å². The lowest BCUT2D eigenvalue weighted by Crippen LogP contribution is -1.99. The van der Waals surface area contributed by atoms with Gasteiger partial charge in [0.05, 0.1) is 7.11 Å². The second-order valence-corrected chi connectivity index (χ2v) is 3.70.